The number of nitrogens with zero attached hydrogens (tertiary/aromatic N) is 1. The van der Waals surface area contributed by atoms with E-state index in [0.29, 0.717) is 5.95 Å². The Hall–Kier alpha value is -1.55. The van der Waals surface area contributed by atoms with E-state index in [1.165, 1.54) is 18.4 Å². The summed E-state index contributed by atoms with van der Waals surface area (Å²) in [4.78, 5) is 7.38. The molecule has 0 saturated heterocycles. The number of nitrogens with one attached hydrogen (secondary N) is 2. The van der Waals surface area contributed by atoms with Gasteiger partial charge < -0.3 is 4.98 Å². The molecule has 0 spiro atoms. The first-order valence-corrected chi connectivity index (χ1v) is 5.28. The molecular formula is C11H16N4. The van der Waals surface area contributed by atoms with Crippen molar-refractivity contribution in [2.45, 2.75) is 26.2 Å². The zero-order chi connectivity index (χ0) is 10.7. The summed E-state index contributed by atoms with van der Waals surface area (Å²) in [5.41, 5.74) is 5.84. The number of anilines is 1. The zero-order valence-electron chi connectivity index (χ0n) is 8.88. The number of hydrazine groups is 1. The molecule has 0 saturated carbocycles. The average Bonchev–Trinajstić information content (AvgIpc) is 2.68. The number of benzene rings is 1. The maximum atomic E-state index is 5.29. The molecular weight excluding hydrogens is 188 g/mol. The molecule has 15 heavy (non-hydrogen) atoms. The Bertz CT molecular complexity index is 447. The van der Waals surface area contributed by atoms with E-state index in [-0.39, 0.29) is 0 Å². The molecule has 1 aromatic heterocycles. The van der Waals surface area contributed by atoms with E-state index in [9.17, 15) is 0 Å². The van der Waals surface area contributed by atoms with E-state index in [2.05, 4.69) is 34.5 Å². The maximum Gasteiger partial charge on any atom is 0.215 e. The van der Waals surface area contributed by atoms with Gasteiger partial charge in [-0.05, 0) is 30.5 Å². The summed E-state index contributed by atoms with van der Waals surface area (Å²) in [5, 5.41) is 0. The van der Waals surface area contributed by atoms with Crippen LogP contribution in [0.3, 0.4) is 0 Å². The fraction of sp³-hybridized carbons (Fsp3) is 0.364. The van der Waals surface area contributed by atoms with Gasteiger partial charge in [0.1, 0.15) is 0 Å². The highest BCUT2D eigenvalue weighted by Gasteiger charge is 2.01. The van der Waals surface area contributed by atoms with Gasteiger partial charge in [0.2, 0.25) is 5.95 Å². The van der Waals surface area contributed by atoms with Crippen LogP contribution in [0.1, 0.15) is 25.3 Å². The molecule has 0 aliphatic carbocycles. The normalized spacial score (nSPS) is 10.8. The highest BCUT2D eigenvalue weighted by atomic mass is 15.3. The summed E-state index contributed by atoms with van der Waals surface area (Å²) in [5.74, 6) is 5.90. The standard InChI is InChI=1S/C11H16N4/c1-2-3-4-8-5-6-9-10(7-8)14-11(13-9)15-12/h5-7H,2-4,12H2,1H3,(H2,13,14,15). The third-order valence-electron chi connectivity index (χ3n) is 2.50. The summed E-state index contributed by atoms with van der Waals surface area (Å²) < 4.78 is 0. The highest BCUT2D eigenvalue weighted by Crippen LogP contribution is 2.16. The van der Waals surface area contributed by atoms with Crippen molar-refractivity contribution in [3.63, 3.8) is 0 Å². The fourth-order valence-corrected chi connectivity index (χ4v) is 1.66. The van der Waals surface area contributed by atoms with Crippen molar-refractivity contribution >= 4 is 17.0 Å². The van der Waals surface area contributed by atoms with E-state index < -0.39 is 0 Å². The number of fused-ring (bicyclic) bond motifs is 1. The van der Waals surface area contributed by atoms with Crippen LogP contribution in [0.4, 0.5) is 5.95 Å². The van der Waals surface area contributed by atoms with Gasteiger partial charge in [-0.2, -0.15) is 0 Å². The molecule has 4 nitrogen and oxygen atoms in total. The predicted molar refractivity (Wildman–Crippen MR) is 62.5 cm³/mol. The van der Waals surface area contributed by atoms with Gasteiger partial charge in [-0.15, -0.1) is 0 Å². The van der Waals surface area contributed by atoms with Crippen LogP contribution in [0.25, 0.3) is 11.0 Å². The van der Waals surface area contributed by atoms with Crippen molar-refractivity contribution in [2.75, 3.05) is 5.43 Å². The fourth-order valence-electron chi connectivity index (χ4n) is 1.66. The lowest BCUT2D eigenvalue weighted by atomic mass is 10.1. The summed E-state index contributed by atoms with van der Waals surface area (Å²) in [7, 11) is 0. The minimum atomic E-state index is 0.609. The molecule has 2 rings (SSSR count). The van der Waals surface area contributed by atoms with Gasteiger partial charge >= 0.3 is 0 Å². The first-order valence-electron chi connectivity index (χ1n) is 5.28. The number of hydrogen-bond acceptors (Lipinski definition) is 3. The third-order valence-corrected chi connectivity index (χ3v) is 2.50. The van der Waals surface area contributed by atoms with Crippen LogP contribution < -0.4 is 11.3 Å². The average molecular weight is 204 g/mol. The van der Waals surface area contributed by atoms with Gasteiger partial charge in [-0.3, -0.25) is 5.43 Å². The minimum Gasteiger partial charge on any atom is -0.323 e. The molecule has 0 fully saturated rings. The molecule has 0 atom stereocenters. The van der Waals surface area contributed by atoms with Crippen LogP contribution in [0.2, 0.25) is 0 Å². The van der Waals surface area contributed by atoms with Crippen LogP contribution in [-0.2, 0) is 6.42 Å². The first-order chi connectivity index (χ1) is 7.33. The molecule has 4 N–H and O–H groups in total. The van der Waals surface area contributed by atoms with Gasteiger partial charge in [0.25, 0.3) is 0 Å². The van der Waals surface area contributed by atoms with E-state index in [1.807, 2.05) is 6.07 Å². The number of H-pyrrole nitrogens is 1. The second kappa shape index (κ2) is 4.31. The Morgan fingerprint density at radius 2 is 2.33 bits per heavy atom. The Morgan fingerprint density at radius 3 is 3.07 bits per heavy atom. The number of aromatic nitrogens is 2. The van der Waals surface area contributed by atoms with Crippen molar-refractivity contribution in [1.82, 2.24) is 9.97 Å². The highest BCUT2D eigenvalue weighted by molar-refractivity contribution is 5.78. The van der Waals surface area contributed by atoms with E-state index >= 15 is 0 Å². The SMILES string of the molecule is CCCCc1ccc2nc(NN)[nH]c2c1. The zero-order valence-corrected chi connectivity index (χ0v) is 8.88. The number of aromatic amines is 1. The molecule has 1 heterocycles. The predicted octanol–water partition coefficient (Wildman–Crippen LogP) is 2.19. The molecule has 0 radical (unpaired) electrons. The number of aryl methyl sites for hydroxylation is 1. The summed E-state index contributed by atoms with van der Waals surface area (Å²) >= 11 is 0. The van der Waals surface area contributed by atoms with Crippen molar-refractivity contribution < 1.29 is 0 Å². The quantitative estimate of drug-likeness (QED) is 0.528. The molecule has 0 amide bonds. The van der Waals surface area contributed by atoms with Gasteiger partial charge in [-0.1, -0.05) is 19.4 Å². The lowest BCUT2D eigenvalue weighted by Gasteiger charge is -1.98. The molecule has 4 heteroatoms. The second-order valence-corrected chi connectivity index (χ2v) is 3.68. The number of unbranched alkanes of at least 4 members (excludes halogenated alkanes) is 1. The van der Waals surface area contributed by atoms with Crippen molar-refractivity contribution in [1.29, 1.82) is 0 Å². The maximum absolute atomic E-state index is 5.29. The van der Waals surface area contributed by atoms with Crippen molar-refractivity contribution in [3.05, 3.63) is 23.8 Å². The van der Waals surface area contributed by atoms with Gasteiger partial charge in [0.15, 0.2) is 0 Å². The van der Waals surface area contributed by atoms with E-state index in [0.717, 1.165) is 17.5 Å². The molecule has 0 unspecified atom stereocenters. The molecule has 2 aromatic rings. The number of rotatable bonds is 4. The summed E-state index contributed by atoms with van der Waals surface area (Å²) in [6.07, 6.45) is 3.56. The smallest absolute Gasteiger partial charge is 0.215 e. The lowest BCUT2D eigenvalue weighted by molar-refractivity contribution is 0.796. The Balaban J connectivity index is 2.29. The summed E-state index contributed by atoms with van der Waals surface area (Å²) in [6, 6.07) is 6.29. The van der Waals surface area contributed by atoms with Crippen molar-refractivity contribution in [2.24, 2.45) is 5.84 Å². The van der Waals surface area contributed by atoms with Crippen LogP contribution in [0.15, 0.2) is 18.2 Å². The number of nitrogen functional groups attached to an aromatic ring is 1. The van der Waals surface area contributed by atoms with Crippen LogP contribution >= 0.6 is 0 Å². The molecule has 0 aliphatic rings. The first kappa shape index (κ1) is 9.98. The number of hydrogen-bond donors (Lipinski definition) is 3. The minimum absolute atomic E-state index is 0.609. The Labute approximate surface area is 88.9 Å². The number of imidazole rings is 1. The number of nitrogens with two attached hydrogens (primary N) is 1. The largest absolute Gasteiger partial charge is 0.323 e. The molecule has 0 bridgehead atoms. The van der Waals surface area contributed by atoms with Gasteiger partial charge in [-0.25, -0.2) is 10.8 Å². The molecule has 1 aromatic carbocycles. The second-order valence-electron chi connectivity index (χ2n) is 3.68. The Kier molecular flexibility index (Phi) is 2.87. The van der Waals surface area contributed by atoms with Crippen molar-refractivity contribution in [3.8, 4) is 0 Å². The summed E-state index contributed by atoms with van der Waals surface area (Å²) in [6.45, 7) is 2.20. The topological polar surface area (TPSA) is 66.7 Å². The third kappa shape index (κ3) is 2.10. The van der Waals surface area contributed by atoms with E-state index in [1.54, 1.807) is 0 Å². The van der Waals surface area contributed by atoms with Crippen LogP contribution in [-0.4, -0.2) is 9.97 Å². The lowest BCUT2D eigenvalue weighted by Crippen LogP contribution is -2.07. The molecule has 80 valence electrons. The monoisotopic (exact) mass is 204 g/mol. The Morgan fingerprint density at radius 1 is 1.47 bits per heavy atom. The molecule has 0 aliphatic heterocycles. The van der Waals surface area contributed by atoms with Gasteiger partial charge in [0.05, 0.1) is 11.0 Å². The van der Waals surface area contributed by atoms with E-state index in [4.69, 9.17) is 5.84 Å². The van der Waals surface area contributed by atoms with Gasteiger partial charge in [0, 0.05) is 0 Å². The van der Waals surface area contributed by atoms with Crippen LogP contribution in [0.5, 0.6) is 0 Å². The van der Waals surface area contributed by atoms with Crippen LogP contribution in [0, 0.1) is 0 Å².